The molecule has 48 heavy (non-hydrogen) atoms. The number of hydrogen-bond donors (Lipinski definition) is 0. The number of furan rings is 1. The lowest BCUT2D eigenvalue weighted by Gasteiger charge is -2.41. The molecule has 2 aliphatic heterocycles. The lowest BCUT2D eigenvalue weighted by atomic mass is 9.44. The molecule has 9 rings (SSSR count). The van der Waals surface area contributed by atoms with Crippen molar-refractivity contribution in [3.05, 3.63) is 114 Å². The van der Waals surface area contributed by atoms with E-state index < -0.39 is 0 Å². The first-order chi connectivity index (χ1) is 22.7. The number of aromatic nitrogens is 1. The molecule has 0 radical (unpaired) electrons. The second-order valence-electron chi connectivity index (χ2n) is 17.1. The third-order valence-corrected chi connectivity index (χ3v) is 10.8. The van der Waals surface area contributed by atoms with E-state index in [1.54, 1.807) is 0 Å². The maximum absolute atomic E-state index is 6.83. The summed E-state index contributed by atoms with van der Waals surface area (Å²) in [5.74, 6) is 0.947. The fourth-order valence-electron chi connectivity index (χ4n) is 8.18. The van der Waals surface area contributed by atoms with E-state index in [1.807, 2.05) is 0 Å². The molecule has 4 heterocycles. The summed E-state index contributed by atoms with van der Waals surface area (Å²) in [5.41, 5.74) is 15.0. The van der Waals surface area contributed by atoms with Crippen LogP contribution in [0.5, 0.6) is 0 Å². The number of benzene rings is 5. The van der Waals surface area contributed by atoms with E-state index >= 15 is 0 Å². The standard InChI is InChI=1S/C44H43BN2O/c1-42(2,3)26-17-20-29(21-18-26)47-40-30-13-10-11-16-37(30)48-41(40)31-14-12-15-36-38(31)45(47)34-25-28(44(7,8)9)24-33-32-23-27(43(4,5)6)19-22-35(32)46(36)39(33)34/h10-25H,1-9H3. The topological polar surface area (TPSA) is 21.3 Å². The van der Waals surface area contributed by atoms with Gasteiger partial charge in [-0.1, -0.05) is 111 Å². The fourth-order valence-corrected chi connectivity index (χ4v) is 8.18. The van der Waals surface area contributed by atoms with Crippen molar-refractivity contribution in [1.82, 2.24) is 4.57 Å². The van der Waals surface area contributed by atoms with E-state index in [0.29, 0.717) is 0 Å². The van der Waals surface area contributed by atoms with Crippen LogP contribution in [0.15, 0.2) is 101 Å². The number of anilines is 2. The van der Waals surface area contributed by atoms with Gasteiger partial charge in [-0.25, -0.2) is 0 Å². The summed E-state index contributed by atoms with van der Waals surface area (Å²) in [6.07, 6.45) is 0. The Hall–Kier alpha value is -4.70. The molecule has 2 aliphatic rings. The summed E-state index contributed by atoms with van der Waals surface area (Å²) in [4.78, 5) is 2.59. The van der Waals surface area contributed by atoms with Crippen LogP contribution in [0, 0.1) is 0 Å². The molecule has 0 amide bonds. The molecule has 4 heteroatoms. The monoisotopic (exact) mass is 626 g/mol. The molecule has 5 aromatic carbocycles. The van der Waals surface area contributed by atoms with Crippen LogP contribution >= 0.6 is 0 Å². The number of nitrogens with zero attached hydrogens (tertiary/aromatic N) is 2. The first-order valence-electron chi connectivity index (χ1n) is 17.4. The highest BCUT2D eigenvalue weighted by Gasteiger charge is 2.46. The average molecular weight is 627 g/mol. The Kier molecular flexibility index (Phi) is 5.81. The first kappa shape index (κ1) is 29.4. The number of rotatable bonds is 1. The van der Waals surface area contributed by atoms with Crippen LogP contribution in [-0.4, -0.2) is 11.4 Å². The minimum absolute atomic E-state index is 0.0259. The highest BCUT2D eigenvalue weighted by Crippen LogP contribution is 2.49. The minimum atomic E-state index is -0.0334. The summed E-state index contributed by atoms with van der Waals surface area (Å²) in [5, 5.41) is 3.80. The van der Waals surface area contributed by atoms with Gasteiger partial charge in [0, 0.05) is 33.1 Å². The minimum Gasteiger partial charge on any atom is -0.454 e. The van der Waals surface area contributed by atoms with Gasteiger partial charge in [0.05, 0.1) is 16.7 Å². The second-order valence-corrected chi connectivity index (χ2v) is 17.1. The Morgan fingerprint density at radius 2 is 1.25 bits per heavy atom. The van der Waals surface area contributed by atoms with Crippen LogP contribution in [0.3, 0.4) is 0 Å². The van der Waals surface area contributed by atoms with Crippen LogP contribution in [0.25, 0.3) is 49.8 Å². The van der Waals surface area contributed by atoms with Gasteiger partial charge in [-0.15, -0.1) is 0 Å². The molecule has 0 saturated heterocycles. The molecule has 0 fully saturated rings. The van der Waals surface area contributed by atoms with Gasteiger partial charge in [0.1, 0.15) is 5.58 Å². The molecule has 2 aromatic heterocycles. The Bertz CT molecular complexity index is 2460. The maximum Gasteiger partial charge on any atom is 0.333 e. The molecule has 0 aliphatic carbocycles. The summed E-state index contributed by atoms with van der Waals surface area (Å²) >= 11 is 0. The zero-order chi connectivity index (χ0) is 33.5. The smallest absolute Gasteiger partial charge is 0.333 e. The third-order valence-electron chi connectivity index (χ3n) is 10.8. The molecule has 0 spiro atoms. The van der Waals surface area contributed by atoms with Crippen molar-refractivity contribution in [3.8, 4) is 17.0 Å². The van der Waals surface area contributed by atoms with Crippen LogP contribution in [-0.2, 0) is 16.2 Å². The predicted octanol–water partition coefficient (Wildman–Crippen LogP) is 10.7. The maximum atomic E-state index is 6.83. The molecule has 0 saturated carbocycles. The van der Waals surface area contributed by atoms with E-state index in [2.05, 4.69) is 169 Å². The molecular weight excluding hydrogens is 583 g/mol. The van der Waals surface area contributed by atoms with Crippen LogP contribution in [0.1, 0.15) is 79.0 Å². The van der Waals surface area contributed by atoms with Gasteiger partial charge in [-0.05, 0) is 92.4 Å². The van der Waals surface area contributed by atoms with Crippen LogP contribution in [0.4, 0.5) is 11.4 Å². The quantitative estimate of drug-likeness (QED) is 0.169. The van der Waals surface area contributed by atoms with Crippen LogP contribution in [0.2, 0.25) is 0 Å². The van der Waals surface area contributed by atoms with Gasteiger partial charge in [-0.3, -0.25) is 0 Å². The first-order valence-corrected chi connectivity index (χ1v) is 17.4. The molecule has 0 unspecified atom stereocenters. The Balaban J connectivity index is 1.45. The fraction of sp³-hybridized carbons (Fsp3) is 0.273. The zero-order valence-corrected chi connectivity index (χ0v) is 29.6. The van der Waals surface area contributed by atoms with E-state index in [-0.39, 0.29) is 23.1 Å². The van der Waals surface area contributed by atoms with E-state index in [0.717, 1.165) is 22.4 Å². The van der Waals surface area contributed by atoms with Crippen molar-refractivity contribution in [1.29, 1.82) is 0 Å². The Labute approximate surface area is 284 Å². The lowest BCUT2D eigenvalue weighted by molar-refractivity contribution is 0.590. The zero-order valence-electron chi connectivity index (χ0n) is 29.6. The summed E-state index contributed by atoms with van der Waals surface area (Å²) in [7, 11) is 0. The largest absolute Gasteiger partial charge is 0.454 e. The van der Waals surface area contributed by atoms with Gasteiger partial charge in [0.15, 0.2) is 5.76 Å². The average Bonchev–Trinajstić information content (AvgIpc) is 3.59. The van der Waals surface area contributed by atoms with Gasteiger partial charge in [-0.2, -0.15) is 0 Å². The second kappa shape index (κ2) is 9.47. The summed E-state index contributed by atoms with van der Waals surface area (Å²) < 4.78 is 9.37. The highest BCUT2D eigenvalue weighted by molar-refractivity contribution is 6.93. The molecule has 238 valence electrons. The molecule has 0 atom stereocenters. The van der Waals surface area contributed by atoms with Crippen molar-refractivity contribution in [2.24, 2.45) is 0 Å². The number of fused-ring (bicyclic) bond motifs is 9. The van der Waals surface area contributed by atoms with Crippen molar-refractivity contribution in [3.63, 3.8) is 0 Å². The van der Waals surface area contributed by atoms with E-state index in [9.17, 15) is 0 Å². The molecular formula is C44H43BN2O. The van der Waals surface area contributed by atoms with Gasteiger partial charge >= 0.3 is 6.85 Å². The van der Waals surface area contributed by atoms with E-state index in [4.69, 9.17) is 4.42 Å². The Morgan fingerprint density at radius 3 is 1.96 bits per heavy atom. The van der Waals surface area contributed by atoms with Crippen molar-refractivity contribution >= 4 is 61.9 Å². The van der Waals surface area contributed by atoms with Gasteiger partial charge in [0.25, 0.3) is 0 Å². The molecule has 0 bridgehead atoms. The summed E-state index contributed by atoms with van der Waals surface area (Å²) in [6, 6.07) is 36.7. The van der Waals surface area contributed by atoms with Crippen molar-refractivity contribution in [2.45, 2.75) is 78.6 Å². The van der Waals surface area contributed by atoms with Crippen LogP contribution < -0.4 is 15.7 Å². The predicted molar refractivity (Wildman–Crippen MR) is 206 cm³/mol. The normalized spacial score (nSPS) is 14.3. The number of hydrogen-bond acceptors (Lipinski definition) is 2. The highest BCUT2D eigenvalue weighted by atomic mass is 16.3. The third kappa shape index (κ3) is 4.01. The summed E-state index contributed by atoms with van der Waals surface area (Å²) in [6.45, 7) is 20.8. The number of para-hydroxylation sites is 1. The van der Waals surface area contributed by atoms with Gasteiger partial charge < -0.3 is 13.8 Å². The molecule has 7 aromatic rings. The lowest BCUT2D eigenvalue weighted by Crippen LogP contribution is -2.60. The SMILES string of the molecule is CC(C)(C)c1ccc(N2B3c4c(cccc4-n4c5ccc(C(C)(C)C)cc5c5cc(C(C)(C)C)cc3c54)-c3oc4ccccc4c32)cc1. The Morgan fingerprint density at radius 1 is 0.583 bits per heavy atom. The van der Waals surface area contributed by atoms with Crippen molar-refractivity contribution in [2.75, 3.05) is 4.81 Å². The molecule has 0 N–H and O–H groups in total. The molecule has 3 nitrogen and oxygen atoms in total. The van der Waals surface area contributed by atoms with E-state index in [1.165, 1.54) is 66.4 Å². The van der Waals surface area contributed by atoms with Crippen molar-refractivity contribution < 1.29 is 4.42 Å². The van der Waals surface area contributed by atoms with Gasteiger partial charge in [0.2, 0.25) is 0 Å².